The van der Waals surface area contributed by atoms with Crippen molar-refractivity contribution in [1.29, 1.82) is 0 Å². The molecular weight excluding hydrogens is 314 g/mol. The number of piperidine rings is 1. The highest BCUT2D eigenvalue weighted by atomic mass is 35.5. The Hall–Kier alpha value is -2.14. The van der Waals surface area contributed by atoms with E-state index in [1.54, 1.807) is 11.1 Å². The average molecular weight is 332 g/mol. The number of carbonyl (C=O) groups excluding carboxylic acids is 1. The largest absolute Gasteiger partial charge is 0.445 e. The SMILES string of the molecule is O=C(OCc1ccccc1)N1CCC(c2ccnc(Cl)n2)CC1. The fourth-order valence-electron chi connectivity index (χ4n) is 2.74. The van der Waals surface area contributed by atoms with E-state index in [0.29, 0.717) is 25.6 Å². The Kier molecular flexibility index (Phi) is 5.08. The van der Waals surface area contributed by atoms with Gasteiger partial charge in [0.25, 0.3) is 0 Å². The van der Waals surface area contributed by atoms with Gasteiger partial charge in [-0.05, 0) is 36.1 Å². The van der Waals surface area contributed by atoms with Crippen LogP contribution in [-0.2, 0) is 11.3 Å². The predicted molar refractivity (Wildman–Crippen MR) is 87.2 cm³/mol. The predicted octanol–water partition coefficient (Wildman–Crippen LogP) is 3.65. The van der Waals surface area contributed by atoms with Crippen LogP contribution in [0.2, 0.25) is 5.28 Å². The van der Waals surface area contributed by atoms with Crippen LogP contribution in [0.4, 0.5) is 4.79 Å². The molecule has 0 aliphatic carbocycles. The number of rotatable bonds is 3. The number of halogens is 1. The second-order valence-corrected chi connectivity index (χ2v) is 5.89. The van der Waals surface area contributed by atoms with Gasteiger partial charge >= 0.3 is 6.09 Å². The van der Waals surface area contributed by atoms with E-state index in [1.165, 1.54) is 0 Å². The highest BCUT2D eigenvalue weighted by molar-refractivity contribution is 6.28. The molecule has 0 unspecified atom stereocenters. The summed E-state index contributed by atoms with van der Waals surface area (Å²) in [6.45, 7) is 1.64. The van der Waals surface area contributed by atoms with E-state index in [-0.39, 0.29) is 11.4 Å². The van der Waals surface area contributed by atoms with Crippen molar-refractivity contribution in [3.63, 3.8) is 0 Å². The summed E-state index contributed by atoms with van der Waals surface area (Å²) in [5.74, 6) is 0.314. The molecule has 1 aromatic carbocycles. The first kappa shape index (κ1) is 15.7. The molecule has 1 fully saturated rings. The zero-order valence-corrected chi connectivity index (χ0v) is 13.4. The Labute approximate surface area is 140 Å². The summed E-state index contributed by atoms with van der Waals surface area (Å²) >= 11 is 5.84. The van der Waals surface area contributed by atoms with Gasteiger partial charge in [-0.1, -0.05) is 30.3 Å². The first-order valence-electron chi connectivity index (χ1n) is 7.66. The molecule has 0 spiro atoms. The summed E-state index contributed by atoms with van der Waals surface area (Å²) in [6, 6.07) is 11.6. The molecule has 0 bridgehead atoms. The van der Waals surface area contributed by atoms with E-state index in [0.717, 1.165) is 24.1 Å². The Balaban J connectivity index is 1.49. The molecule has 0 atom stereocenters. The Bertz CT molecular complexity index is 658. The first-order valence-corrected chi connectivity index (χ1v) is 8.04. The minimum Gasteiger partial charge on any atom is -0.445 e. The lowest BCUT2D eigenvalue weighted by molar-refractivity contribution is 0.0868. The Morgan fingerprint density at radius 2 is 1.96 bits per heavy atom. The summed E-state index contributed by atoms with van der Waals surface area (Å²) in [7, 11) is 0. The number of ether oxygens (including phenoxy) is 1. The number of nitrogens with zero attached hydrogens (tertiary/aromatic N) is 3. The van der Waals surface area contributed by atoms with Crippen LogP contribution in [0.25, 0.3) is 0 Å². The number of likely N-dealkylation sites (tertiary alicyclic amines) is 1. The maximum Gasteiger partial charge on any atom is 0.410 e. The summed E-state index contributed by atoms with van der Waals surface area (Å²) < 4.78 is 5.37. The third kappa shape index (κ3) is 4.20. The number of amides is 1. The molecule has 3 rings (SSSR count). The van der Waals surface area contributed by atoms with Gasteiger partial charge < -0.3 is 9.64 Å². The van der Waals surface area contributed by atoms with Crippen molar-refractivity contribution in [1.82, 2.24) is 14.9 Å². The van der Waals surface area contributed by atoms with Crippen molar-refractivity contribution < 1.29 is 9.53 Å². The van der Waals surface area contributed by atoms with E-state index in [9.17, 15) is 4.79 Å². The molecule has 23 heavy (non-hydrogen) atoms. The second-order valence-electron chi connectivity index (χ2n) is 5.55. The summed E-state index contributed by atoms with van der Waals surface area (Å²) in [6.07, 6.45) is 3.13. The molecule has 0 N–H and O–H groups in total. The van der Waals surface area contributed by atoms with Gasteiger partial charge in [0.15, 0.2) is 0 Å². The van der Waals surface area contributed by atoms with Crippen molar-refractivity contribution in [2.24, 2.45) is 0 Å². The number of benzene rings is 1. The quantitative estimate of drug-likeness (QED) is 0.806. The first-order chi connectivity index (χ1) is 11.2. The molecule has 2 aromatic rings. The Morgan fingerprint density at radius 3 is 2.65 bits per heavy atom. The van der Waals surface area contributed by atoms with Gasteiger partial charge in [-0.15, -0.1) is 0 Å². The van der Waals surface area contributed by atoms with Crippen LogP contribution < -0.4 is 0 Å². The topological polar surface area (TPSA) is 55.3 Å². The van der Waals surface area contributed by atoms with Crippen LogP contribution in [-0.4, -0.2) is 34.1 Å². The molecule has 1 aliphatic heterocycles. The molecule has 2 heterocycles. The van der Waals surface area contributed by atoms with Crippen LogP contribution in [0.5, 0.6) is 0 Å². The van der Waals surface area contributed by atoms with Crippen molar-refractivity contribution >= 4 is 17.7 Å². The van der Waals surface area contributed by atoms with Crippen molar-refractivity contribution in [3.8, 4) is 0 Å². The summed E-state index contributed by atoms with van der Waals surface area (Å²) in [5, 5.41) is 0.271. The van der Waals surface area contributed by atoms with Crippen LogP contribution >= 0.6 is 11.6 Å². The molecule has 5 nitrogen and oxygen atoms in total. The number of hydrogen-bond acceptors (Lipinski definition) is 4. The smallest absolute Gasteiger partial charge is 0.410 e. The van der Waals surface area contributed by atoms with E-state index in [1.807, 2.05) is 36.4 Å². The fourth-order valence-corrected chi connectivity index (χ4v) is 2.90. The summed E-state index contributed by atoms with van der Waals surface area (Å²) in [4.78, 5) is 22.0. The maximum atomic E-state index is 12.1. The normalized spacial score (nSPS) is 15.4. The van der Waals surface area contributed by atoms with Crippen LogP contribution in [0.15, 0.2) is 42.6 Å². The Morgan fingerprint density at radius 1 is 1.22 bits per heavy atom. The number of carbonyl (C=O) groups is 1. The minimum atomic E-state index is -0.256. The lowest BCUT2D eigenvalue weighted by Gasteiger charge is -2.31. The molecule has 1 aromatic heterocycles. The van der Waals surface area contributed by atoms with Gasteiger partial charge in [-0.3, -0.25) is 0 Å². The van der Waals surface area contributed by atoms with Crippen LogP contribution in [0, 0.1) is 0 Å². The molecule has 120 valence electrons. The molecule has 6 heteroatoms. The fraction of sp³-hybridized carbons (Fsp3) is 0.353. The third-order valence-corrected chi connectivity index (χ3v) is 4.21. The second kappa shape index (κ2) is 7.42. The van der Waals surface area contributed by atoms with E-state index in [4.69, 9.17) is 16.3 Å². The van der Waals surface area contributed by atoms with Crippen LogP contribution in [0.3, 0.4) is 0 Å². The molecule has 1 aliphatic rings. The van der Waals surface area contributed by atoms with Gasteiger partial charge in [0.2, 0.25) is 5.28 Å². The average Bonchev–Trinajstić information content (AvgIpc) is 2.61. The standard InChI is InChI=1S/C17H18ClN3O2/c18-16-19-9-6-15(20-16)14-7-10-21(11-8-14)17(22)23-12-13-4-2-1-3-5-13/h1-6,9,14H,7-8,10-12H2. The van der Waals surface area contributed by atoms with Gasteiger partial charge in [-0.2, -0.15) is 0 Å². The van der Waals surface area contributed by atoms with E-state index < -0.39 is 0 Å². The van der Waals surface area contributed by atoms with Crippen molar-refractivity contribution in [2.75, 3.05) is 13.1 Å². The maximum absolute atomic E-state index is 12.1. The van der Waals surface area contributed by atoms with Gasteiger partial charge in [0, 0.05) is 30.9 Å². The molecule has 1 amide bonds. The zero-order valence-electron chi connectivity index (χ0n) is 12.7. The molecular formula is C17H18ClN3O2. The lowest BCUT2D eigenvalue weighted by atomic mass is 9.93. The monoisotopic (exact) mass is 331 g/mol. The number of aromatic nitrogens is 2. The molecule has 0 saturated carbocycles. The highest BCUT2D eigenvalue weighted by Gasteiger charge is 2.25. The van der Waals surface area contributed by atoms with Gasteiger partial charge in [0.05, 0.1) is 0 Å². The van der Waals surface area contributed by atoms with E-state index in [2.05, 4.69) is 9.97 Å². The van der Waals surface area contributed by atoms with E-state index >= 15 is 0 Å². The molecule has 1 saturated heterocycles. The van der Waals surface area contributed by atoms with Crippen molar-refractivity contribution in [3.05, 3.63) is 59.1 Å². The van der Waals surface area contributed by atoms with Gasteiger partial charge in [0.1, 0.15) is 6.61 Å². The van der Waals surface area contributed by atoms with Crippen molar-refractivity contribution in [2.45, 2.75) is 25.4 Å². The summed E-state index contributed by atoms with van der Waals surface area (Å²) in [5.41, 5.74) is 1.94. The third-order valence-electron chi connectivity index (χ3n) is 4.02. The minimum absolute atomic E-state index is 0.256. The number of hydrogen-bond donors (Lipinski definition) is 0. The highest BCUT2D eigenvalue weighted by Crippen LogP contribution is 2.27. The lowest BCUT2D eigenvalue weighted by Crippen LogP contribution is -2.38. The van der Waals surface area contributed by atoms with Gasteiger partial charge in [-0.25, -0.2) is 14.8 Å². The zero-order chi connectivity index (χ0) is 16.1. The molecule has 0 radical (unpaired) electrons. The van der Waals surface area contributed by atoms with Crippen LogP contribution in [0.1, 0.15) is 30.0 Å².